The monoisotopic (exact) mass is 467 g/mol. The molecule has 188 valence electrons. The van der Waals surface area contributed by atoms with E-state index in [0.29, 0.717) is 12.6 Å². The van der Waals surface area contributed by atoms with Gasteiger partial charge < -0.3 is 13.9 Å². The fraction of sp³-hybridized carbons (Fsp3) is 0.548. The van der Waals surface area contributed by atoms with Crippen LogP contribution in [0.5, 0.6) is 5.75 Å². The van der Waals surface area contributed by atoms with Gasteiger partial charge in [0, 0.05) is 12.0 Å². The molecule has 0 bridgehead atoms. The van der Waals surface area contributed by atoms with Crippen LogP contribution in [0.4, 0.5) is 0 Å². The minimum Gasteiger partial charge on any atom is -1.00 e. The molecule has 0 saturated heterocycles. The highest BCUT2D eigenvalue weighted by atomic mass is 19.0. The van der Waals surface area contributed by atoms with Crippen LogP contribution in [0.25, 0.3) is 0 Å². The van der Waals surface area contributed by atoms with Crippen molar-refractivity contribution >= 4 is 0 Å². The second-order valence-corrected chi connectivity index (χ2v) is 9.33. The number of unbranched alkanes of at least 4 members (excludes halogenated alkanes) is 3. The third-order valence-electron chi connectivity index (χ3n) is 6.56. The number of hydrogen-bond donors (Lipinski definition) is 0. The molecule has 2 rings (SSSR count). The summed E-state index contributed by atoms with van der Waals surface area (Å²) in [5, 5.41) is 0. The summed E-state index contributed by atoms with van der Waals surface area (Å²) >= 11 is 0. The molecule has 0 aliphatic carbocycles. The number of quaternary nitrogens is 1. The van der Waals surface area contributed by atoms with Gasteiger partial charge in [-0.3, -0.25) is 0 Å². The normalized spacial score (nSPS) is 11.8. The highest BCUT2D eigenvalue weighted by Crippen LogP contribution is 2.23. The summed E-state index contributed by atoms with van der Waals surface area (Å²) in [6.45, 7) is 13.6. The van der Waals surface area contributed by atoms with Gasteiger partial charge >= 0.3 is 0 Å². The lowest BCUT2D eigenvalue weighted by molar-refractivity contribution is -0.944. The van der Waals surface area contributed by atoms with Crippen molar-refractivity contribution in [1.82, 2.24) is 0 Å². The van der Waals surface area contributed by atoms with Gasteiger partial charge in [-0.15, -0.1) is 0 Å². The Balaban J connectivity index is 0.00000578. The molecule has 1 atom stereocenters. The van der Waals surface area contributed by atoms with E-state index in [-0.39, 0.29) is 4.70 Å². The Hall–Kier alpha value is -2.31. The van der Waals surface area contributed by atoms with Crippen LogP contribution >= 0.6 is 0 Å². The van der Waals surface area contributed by atoms with Gasteiger partial charge in [-0.25, -0.2) is 0 Å². The highest BCUT2D eigenvalue weighted by molar-refractivity contribution is 5.40. The molecule has 1 unspecified atom stereocenters. The van der Waals surface area contributed by atoms with Crippen LogP contribution in [0.3, 0.4) is 0 Å². The molecule has 2 aromatic carbocycles. The maximum Gasteiger partial charge on any atom is 0.151 e. The number of ether oxygens (including phenoxy) is 1. The van der Waals surface area contributed by atoms with Gasteiger partial charge in [0.05, 0.1) is 19.6 Å². The number of rotatable bonds is 15. The summed E-state index contributed by atoms with van der Waals surface area (Å²) in [6, 6.07) is 19.0. The van der Waals surface area contributed by atoms with Crippen molar-refractivity contribution in [2.75, 3.05) is 19.6 Å². The summed E-state index contributed by atoms with van der Waals surface area (Å²) in [7, 11) is 0. The van der Waals surface area contributed by atoms with Gasteiger partial charge in [0.15, 0.2) is 6.04 Å². The van der Waals surface area contributed by atoms with Gasteiger partial charge in [0.25, 0.3) is 0 Å². The zero-order valence-electron chi connectivity index (χ0n) is 22.0. The number of hydrogen-bond acceptors (Lipinski definition) is 1. The summed E-state index contributed by atoms with van der Waals surface area (Å²) in [5.41, 5.74) is 2.24. The van der Waals surface area contributed by atoms with E-state index in [1.54, 1.807) is 0 Å². The summed E-state index contributed by atoms with van der Waals surface area (Å²) in [4.78, 5) is 0. The Morgan fingerprint density at radius 3 is 1.94 bits per heavy atom. The molecule has 34 heavy (non-hydrogen) atoms. The minimum absolute atomic E-state index is 0. The van der Waals surface area contributed by atoms with Crippen LogP contribution in [0, 0.1) is 11.8 Å². The maximum atomic E-state index is 6.04. The maximum absolute atomic E-state index is 6.04. The molecule has 0 radical (unpaired) electrons. The molecule has 2 aromatic rings. The standard InChI is InChI=1S/C31H46NO.FH/c1-5-9-23-32(24-10-6-2,25-11-7-3)30(16-8-4)22-21-28-19-15-20-31(26-28)33-27-29-17-13-12-14-18-29;/h12-15,17-20,26,30H,5-11,16,23-25,27H2,1-4H3;1H/q+1;/p-1. The molecule has 0 amide bonds. The smallest absolute Gasteiger partial charge is 0.151 e. The molecule has 3 heteroatoms. The first-order valence-electron chi connectivity index (χ1n) is 13.3. The van der Waals surface area contributed by atoms with Gasteiger partial charge in [-0.1, -0.05) is 89.3 Å². The second-order valence-electron chi connectivity index (χ2n) is 9.33. The quantitative estimate of drug-likeness (QED) is 0.264. The number of halogens is 1. The first kappa shape index (κ1) is 29.7. The molecule has 0 spiro atoms. The highest BCUT2D eigenvalue weighted by Gasteiger charge is 2.33. The van der Waals surface area contributed by atoms with Crippen LogP contribution in [0.1, 0.15) is 90.2 Å². The lowest BCUT2D eigenvalue weighted by atomic mass is 10.0. The summed E-state index contributed by atoms with van der Waals surface area (Å²) in [6.07, 6.45) is 9.99. The van der Waals surface area contributed by atoms with Crippen molar-refractivity contribution in [3.05, 3.63) is 65.7 Å². The van der Waals surface area contributed by atoms with E-state index in [9.17, 15) is 0 Å². The predicted molar refractivity (Wildman–Crippen MR) is 142 cm³/mol. The Labute approximate surface area is 208 Å². The van der Waals surface area contributed by atoms with Crippen molar-refractivity contribution in [2.24, 2.45) is 0 Å². The second kappa shape index (κ2) is 17.2. The number of nitrogens with zero attached hydrogens (tertiary/aromatic N) is 1. The van der Waals surface area contributed by atoms with Gasteiger partial charge in [-0.2, -0.15) is 0 Å². The lowest BCUT2D eigenvalue weighted by Gasteiger charge is -2.43. The molecule has 0 fully saturated rings. The van der Waals surface area contributed by atoms with E-state index in [2.05, 4.69) is 82.0 Å². The van der Waals surface area contributed by atoms with Crippen LogP contribution < -0.4 is 9.44 Å². The summed E-state index contributed by atoms with van der Waals surface area (Å²) in [5.74, 6) is 8.22. The van der Waals surface area contributed by atoms with E-state index in [4.69, 9.17) is 4.74 Å². The average Bonchev–Trinajstić information content (AvgIpc) is 2.86. The van der Waals surface area contributed by atoms with E-state index < -0.39 is 0 Å². The molecule has 0 N–H and O–H groups in total. The summed E-state index contributed by atoms with van der Waals surface area (Å²) < 4.78 is 7.22. The van der Waals surface area contributed by atoms with Gasteiger partial charge in [-0.05, 0) is 55.4 Å². The third kappa shape index (κ3) is 9.90. The third-order valence-corrected chi connectivity index (χ3v) is 6.56. The topological polar surface area (TPSA) is 9.23 Å². The zero-order valence-corrected chi connectivity index (χ0v) is 22.0. The first-order chi connectivity index (χ1) is 16.2. The largest absolute Gasteiger partial charge is 1.00 e. The molecular weight excluding hydrogens is 421 g/mol. The predicted octanol–water partition coefficient (Wildman–Crippen LogP) is 5.01. The molecule has 0 aliphatic heterocycles. The molecule has 0 aliphatic rings. The van der Waals surface area contributed by atoms with Crippen molar-refractivity contribution < 1.29 is 13.9 Å². The SMILES string of the molecule is CCCC[N+](CCCC)(CCCC)C(C#Cc1cccc(OCc2ccccc2)c1)CCC.[F-]. The van der Waals surface area contributed by atoms with E-state index in [1.165, 1.54) is 81.0 Å². The fourth-order valence-electron chi connectivity index (χ4n) is 4.55. The Morgan fingerprint density at radius 2 is 1.38 bits per heavy atom. The number of benzene rings is 2. The molecule has 2 nitrogen and oxygen atoms in total. The lowest BCUT2D eigenvalue weighted by Crippen LogP contribution is -3.00. The van der Waals surface area contributed by atoms with Gasteiger partial charge in [0.1, 0.15) is 12.4 Å². The Bertz CT molecular complexity index is 817. The molecular formula is C31H46FNO. The van der Waals surface area contributed by atoms with Crippen LogP contribution in [0.2, 0.25) is 0 Å². The van der Waals surface area contributed by atoms with Crippen LogP contribution in [0.15, 0.2) is 54.6 Å². The Kier molecular flexibility index (Phi) is 15.0. The van der Waals surface area contributed by atoms with Crippen LogP contribution in [-0.2, 0) is 6.61 Å². The first-order valence-corrected chi connectivity index (χ1v) is 13.3. The minimum atomic E-state index is 0. The Morgan fingerprint density at radius 1 is 0.765 bits per heavy atom. The fourth-order valence-corrected chi connectivity index (χ4v) is 4.55. The molecule has 0 saturated carbocycles. The van der Waals surface area contributed by atoms with Crippen molar-refractivity contribution in [3.63, 3.8) is 0 Å². The van der Waals surface area contributed by atoms with E-state index in [0.717, 1.165) is 11.3 Å². The van der Waals surface area contributed by atoms with Crippen molar-refractivity contribution in [2.45, 2.75) is 91.7 Å². The van der Waals surface area contributed by atoms with Gasteiger partial charge in [0.2, 0.25) is 0 Å². The van der Waals surface area contributed by atoms with E-state index in [1.807, 2.05) is 12.1 Å². The average molecular weight is 468 g/mol. The zero-order chi connectivity index (χ0) is 23.8. The molecule has 0 aromatic heterocycles. The van der Waals surface area contributed by atoms with Crippen molar-refractivity contribution in [1.29, 1.82) is 0 Å². The molecule has 0 heterocycles. The van der Waals surface area contributed by atoms with Crippen LogP contribution in [-0.4, -0.2) is 30.2 Å². The van der Waals surface area contributed by atoms with Crippen molar-refractivity contribution in [3.8, 4) is 17.6 Å². The van der Waals surface area contributed by atoms with E-state index >= 15 is 0 Å².